The van der Waals surface area contributed by atoms with Crippen LogP contribution in [0.15, 0.2) is 40.9 Å². The first-order valence-corrected chi connectivity index (χ1v) is 8.05. The van der Waals surface area contributed by atoms with Gasteiger partial charge in [0.15, 0.2) is 0 Å². The lowest BCUT2D eigenvalue weighted by atomic mass is 10.2. The largest absolute Gasteiger partial charge is 0.490 e. The minimum atomic E-state index is -0.513. The third-order valence-corrected chi connectivity index (χ3v) is 3.78. The van der Waals surface area contributed by atoms with Gasteiger partial charge in [0.1, 0.15) is 11.5 Å². The predicted octanol–water partition coefficient (Wildman–Crippen LogP) is 5.76. The summed E-state index contributed by atoms with van der Waals surface area (Å²) < 4.78 is 11.5. The van der Waals surface area contributed by atoms with Gasteiger partial charge in [-0.25, -0.2) is 4.79 Å². The summed E-state index contributed by atoms with van der Waals surface area (Å²) in [5.41, 5.74) is 0.383. The number of hydrogen-bond acceptors (Lipinski definition) is 3. The van der Waals surface area contributed by atoms with Gasteiger partial charge in [-0.05, 0) is 66.2 Å². The third-order valence-electron chi connectivity index (χ3n) is 2.63. The number of carbonyl (C=O) groups is 1. The van der Waals surface area contributed by atoms with Crippen molar-refractivity contribution in [3.63, 3.8) is 0 Å². The molecule has 0 fully saturated rings. The number of halogens is 3. The summed E-state index contributed by atoms with van der Waals surface area (Å²) in [7, 11) is 0. The Kier molecular flexibility index (Phi) is 5.73. The highest BCUT2D eigenvalue weighted by molar-refractivity contribution is 9.10. The molecular formula is C16H13BrCl2O3. The van der Waals surface area contributed by atoms with Gasteiger partial charge in [-0.3, -0.25) is 0 Å². The first kappa shape index (κ1) is 17.1. The van der Waals surface area contributed by atoms with Crippen LogP contribution in [-0.4, -0.2) is 12.1 Å². The Bertz CT molecular complexity index is 702. The molecule has 0 unspecified atom stereocenters. The molecule has 2 aromatic rings. The molecule has 0 aliphatic rings. The molecule has 0 heterocycles. The molecule has 0 bridgehead atoms. The quantitative estimate of drug-likeness (QED) is 0.480. The van der Waals surface area contributed by atoms with E-state index in [9.17, 15) is 4.79 Å². The Morgan fingerprint density at radius 2 is 1.77 bits per heavy atom. The van der Waals surface area contributed by atoms with Crippen LogP contribution < -0.4 is 9.47 Å². The summed E-state index contributed by atoms with van der Waals surface area (Å²) in [5.74, 6) is 0.409. The fourth-order valence-electron chi connectivity index (χ4n) is 1.69. The molecule has 116 valence electrons. The highest BCUT2D eigenvalue weighted by Crippen LogP contribution is 2.30. The van der Waals surface area contributed by atoms with Crippen LogP contribution in [0.2, 0.25) is 10.0 Å². The fraction of sp³-hybridized carbons (Fsp3) is 0.188. The van der Waals surface area contributed by atoms with Crippen LogP contribution in [0.25, 0.3) is 0 Å². The zero-order chi connectivity index (χ0) is 16.3. The maximum absolute atomic E-state index is 12.2. The Morgan fingerprint density at radius 1 is 1.09 bits per heavy atom. The Hall–Kier alpha value is -1.23. The van der Waals surface area contributed by atoms with Crippen molar-refractivity contribution in [2.24, 2.45) is 0 Å². The van der Waals surface area contributed by atoms with E-state index >= 15 is 0 Å². The predicted molar refractivity (Wildman–Crippen MR) is 91.3 cm³/mol. The fourth-order valence-corrected chi connectivity index (χ4v) is 2.61. The van der Waals surface area contributed by atoms with E-state index in [2.05, 4.69) is 15.9 Å². The zero-order valence-electron chi connectivity index (χ0n) is 11.9. The van der Waals surface area contributed by atoms with E-state index in [0.717, 1.165) is 0 Å². The topological polar surface area (TPSA) is 35.5 Å². The van der Waals surface area contributed by atoms with Gasteiger partial charge < -0.3 is 9.47 Å². The minimum Gasteiger partial charge on any atom is -0.490 e. The number of esters is 1. The molecule has 0 aliphatic carbocycles. The monoisotopic (exact) mass is 402 g/mol. The second kappa shape index (κ2) is 7.36. The molecule has 2 rings (SSSR count). The van der Waals surface area contributed by atoms with Crippen molar-refractivity contribution in [3.05, 3.63) is 56.5 Å². The van der Waals surface area contributed by atoms with Gasteiger partial charge in [0.25, 0.3) is 0 Å². The van der Waals surface area contributed by atoms with Crippen LogP contribution >= 0.6 is 39.1 Å². The van der Waals surface area contributed by atoms with Crippen LogP contribution in [0.3, 0.4) is 0 Å². The van der Waals surface area contributed by atoms with Gasteiger partial charge in [-0.15, -0.1) is 0 Å². The van der Waals surface area contributed by atoms with E-state index in [1.807, 2.05) is 13.8 Å². The lowest BCUT2D eigenvalue weighted by Gasteiger charge is -2.12. The van der Waals surface area contributed by atoms with E-state index in [1.165, 1.54) is 6.07 Å². The van der Waals surface area contributed by atoms with Crippen molar-refractivity contribution in [1.82, 2.24) is 0 Å². The molecule has 0 spiro atoms. The molecule has 6 heteroatoms. The summed E-state index contributed by atoms with van der Waals surface area (Å²) in [5, 5.41) is 0.752. The third kappa shape index (κ3) is 4.38. The van der Waals surface area contributed by atoms with Crippen LogP contribution in [0.5, 0.6) is 11.5 Å². The van der Waals surface area contributed by atoms with Gasteiger partial charge in [0, 0.05) is 5.02 Å². The summed E-state index contributed by atoms with van der Waals surface area (Å²) in [6.45, 7) is 3.86. The highest BCUT2D eigenvalue weighted by atomic mass is 79.9. The standard InChI is InChI=1S/C16H13BrCl2O3/c1-9(2)21-14-5-3-10(7-12(14)17)16(20)22-15-6-4-11(18)8-13(15)19/h3-9H,1-2H3. The smallest absolute Gasteiger partial charge is 0.343 e. The van der Waals surface area contributed by atoms with Crippen molar-refractivity contribution in [2.45, 2.75) is 20.0 Å². The SMILES string of the molecule is CC(C)Oc1ccc(C(=O)Oc2ccc(Cl)cc2Cl)cc1Br. The Balaban J connectivity index is 2.17. The molecule has 0 amide bonds. The van der Waals surface area contributed by atoms with Gasteiger partial charge in [-0.2, -0.15) is 0 Å². The summed E-state index contributed by atoms with van der Waals surface area (Å²) in [6.07, 6.45) is 0.0435. The van der Waals surface area contributed by atoms with Crippen molar-refractivity contribution in [3.8, 4) is 11.5 Å². The van der Waals surface area contributed by atoms with Gasteiger partial charge in [-0.1, -0.05) is 23.2 Å². The number of hydrogen-bond donors (Lipinski definition) is 0. The molecule has 3 nitrogen and oxygen atoms in total. The van der Waals surface area contributed by atoms with Gasteiger partial charge in [0.2, 0.25) is 0 Å². The second-order valence-corrected chi connectivity index (χ2v) is 6.47. The highest BCUT2D eigenvalue weighted by Gasteiger charge is 2.14. The molecular weight excluding hydrogens is 391 g/mol. The van der Waals surface area contributed by atoms with E-state index < -0.39 is 5.97 Å². The van der Waals surface area contributed by atoms with Crippen LogP contribution in [0, 0.1) is 0 Å². The van der Waals surface area contributed by atoms with E-state index in [-0.39, 0.29) is 16.9 Å². The molecule has 0 N–H and O–H groups in total. The molecule has 0 saturated carbocycles. The molecule has 2 aromatic carbocycles. The van der Waals surface area contributed by atoms with Crippen LogP contribution in [0.1, 0.15) is 24.2 Å². The molecule has 0 radical (unpaired) electrons. The second-order valence-electron chi connectivity index (χ2n) is 4.78. The number of carbonyl (C=O) groups excluding carboxylic acids is 1. The average molecular weight is 404 g/mol. The summed E-state index contributed by atoms with van der Waals surface area (Å²) in [4.78, 5) is 12.2. The summed E-state index contributed by atoms with van der Waals surface area (Å²) >= 11 is 15.2. The number of ether oxygens (including phenoxy) is 2. The first-order valence-electron chi connectivity index (χ1n) is 6.50. The molecule has 0 saturated heterocycles. The van der Waals surface area contributed by atoms with E-state index in [0.29, 0.717) is 20.8 Å². The zero-order valence-corrected chi connectivity index (χ0v) is 15.0. The molecule has 22 heavy (non-hydrogen) atoms. The number of rotatable bonds is 4. The first-order chi connectivity index (χ1) is 10.4. The average Bonchev–Trinajstić information content (AvgIpc) is 2.43. The van der Waals surface area contributed by atoms with Crippen molar-refractivity contribution in [1.29, 1.82) is 0 Å². The van der Waals surface area contributed by atoms with Crippen LogP contribution in [0.4, 0.5) is 0 Å². The van der Waals surface area contributed by atoms with E-state index in [1.54, 1.807) is 30.3 Å². The normalized spacial score (nSPS) is 10.6. The lowest BCUT2D eigenvalue weighted by molar-refractivity contribution is 0.0734. The maximum Gasteiger partial charge on any atom is 0.343 e. The maximum atomic E-state index is 12.2. The number of benzene rings is 2. The molecule has 0 atom stereocenters. The Labute approximate surface area is 147 Å². The minimum absolute atomic E-state index is 0.0435. The Morgan fingerprint density at radius 3 is 2.36 bits per heavy atom. The van der Waals surface area contributed by atoms with Crippen molar-refractivity contribution >= 4 is 45.1 Å². The van der Waals surface area contributed by atoms with Crippen LogP contribution in [-0.2, 0) is 0 Å². The summed E-state index contributed by atoms with van der Waals surface area (Å²) in [6, 6.07) is 9.66. The van der Waals surface area contributed by atoms with Crippen molar-refractivity contribution in [2.75, 3.05) is 0 Å². The van der Waals surface area contributed by atoms with Gasteiger partial charge in [0.05, 0.1) is 21.2 Å². The van der Waals surface area contributed by atoms with Gasteiger partial charge >= 0.3 is 5.97 Å². The molecule has 0 aromatic heterocycles. The lowest BCUT2D eigenvalue weighted by Crippen LogP contribution is -2.10. The van der Waals surface area contributed by atoms with E-state index in [4.69, 9.17) is 32.7 Å². The van der Waals surface area contributed by atoms with Crippen molar-refractivity contribution < 1.29 is 14.3 Å². The molecule has 0 aliphatic heterocycles.